The molecule has 1 N–H and O–H groups in total. The van der Waals surface area contributed by atoms with E-state index in [9.17, 15) is 24.8 Å². The summed E-state index contributed by atoms with van der Waals surface area (Å²) < 4.78 is 5.79. The fourth-order valence-electron chi connectivity index (χ4n) is 2.96. The summed E-state index contributed by atoms with van der Waals surface area (Å²) in [6, 6.07) is 5.88. The average Bonchev–Trinajstić information content (AvgIpc) is 3.37. The van der Waals surface area contributed by atoms with Gasteiger partial charge in [0.2, 0.25) is 5.91 Å². The normalized spacial score (nSPS) is 19.6. The van der Waals surface area contributed by atoms with Crippen molar-refractivity contribution in [1.29, 1.82) is 0 Å². The van der Waals surface area contributed by atoms with E-state index in [2.05, 4.69) is 0 Å². The third-order valence-corrected chi connectivity index (χ3v) is 4.65. The first-order valence-corrected chi connectivity index (χ1v) is 7.86. The van der Waals surface area contributed by atoms with Crippen LogP contribution in [0, 0.1) is 15.5 Å². The molecule has 8 nitrogen and oxygen atoms in total. The smallest absolute Gasteiger partial charge is 0.319 e. The molecule has 24 heavy (non-hydrogen) atoms. The number of rotatable bonds is 5. The van der Waals surface area contributed by atoms with Crippen molar-refractivity contribution in [3.8, 4) is 5.75 Å². The highest BCUT2D eigenvalue weighted by molar-refractivity contribution is 6.04. The fourth-order valence-corrected chi connectivity index (χ4v) is 2.96. The van der Waals surface area contributed by atoms with Crippen LogP contribution in [0.2, 0.25) is 0 Å². The molecule has 0 atom stereocenters. The summed E-state index contributed by atoms with van der Waals surface area (Å²) in [7, 11) is 0. The van der Waals surface area contributed by atoms with Crippen LogP contribution < -0.4 is 4.74 Å². The first-order valence-electron chi connectivity index (χ1n) is 7.86. The van der Waals surface area contributed by atoms with Crippen LogP contribution in [0.5, 0.6) is 5.75 Å². The molecule has 1 aliphatic heterocycles. The van der Waals surface area contributed by atoms with Gasteiger partial charge in [0.05, 0.1) is 4.92 Å². The van der Waals surface area contributed by atoms with E-state index >= 15 is 0 Å². The lowest BCUT2D eigenvalue weighted by Crippen LogP contribution is -2.46. The van der Waals surface area contributed by atoms with Gasteiger partial charge in [-0.3, -0.25) is 19.7 Å². The van der Waals surface area contributed by atoms with E-state index in [1.54, 1.807) is 17.0 Å². The molecule has 1 amide bonds. The van der Waals surface area contributed by atoms with Gasteiger partial charge in [0.1, 0.15) is 17.3 Å². The zero-order valence-electron chi connectivity index (χ0n) is 13.0. The highest BCUT2D eigenvalue weighted by atomic mass is 16.6. The molecule has 2 fully saturated rings. The number of nitrogens with zero attached hydrogens (tertiary/aromatic N) is 2. The molecule has 1 heterocycles. The number of non-ortho nitro benzene ring substituents is 1. The minimum absolute atomic E-state index is 0.00571. The lowest BCUT2D eigenvalue weighted by molar-refractivity contribution is -0.384. The van der Waals surface area contributed by atoms with Gasteiger partial charge in [0.25, 0.3) is 5.69 Å². The molecule has 1 saturated heterocycles. The third kappa shape index (κ3) is 3.04. The predicted molar refractivity (Wildman–Crippen MR) is 82.6 cm³/mol. The van der Waals surface area contributed by atoms with Crippen LogP contribution in [0.4, 0.5) is 5.69 Å². The summed E-state index contributed by atoms with van der Waals surface area (Å²) in [4.78, 5) is 35.3. The highest BCUT2D eigenvalue weighted by Gasteiger charge is 2.58. The Kier molecular flexibility index (Phi) is 4.13. The van der Waals surface area contributed by atoms with Crippen LogP contribution >= 0.6 is 0 Å². The lowest BCUT2D eigenvalue weighted by atomic mass is 10.0. The standard InChI is InChI=1S/C16H18N2O6/c19-14(16(7-8-16)15(20)21)17-9-5-13(6-10-17)24-12-3-1-11(2-4-12)18(22)23/h1-4,13H,5-10H2,(H,20,21). The minimum atomic E-state index is -1.19. The van der Waals surface area contributed by atoms with Crippen LogP contribution in [0.15, 0.2) is 24.3 Å². The molecule has 0 spiro atoms. The van der Waals surface area contributed by atoms with Crippen molar-refractivity contribution in [2.24, 2.45) is 5.41 Å². The van der Waals surface area contributed by atoms with Crippen molar-refractivity contribution in [2.75, 3.05) is 13.1 Å². The van der Waals surface area contributed by atoms with Crippen LogP contribution in [-0.4, -0.2) is 46.0 Å². The van der Waals surface area contributed by atoms with Crippen LogP contribution in [0.25, 0.3) is 0 Å². The number of hydrogen-bond acceptors (Lipinski definition) is 5. The van der Waals surface area contributed by atoms with E-state index in [0.29, 0.717) is 44.5 Å². The number of aliphatic carboxylic acids is 1. The van der Waals surface area contributed by atoms with Gasteiger partial charge in [-0.15, -0.1) is 0 Å². The lowest BCUT2D eigenvalue weighted by Gasteiger charge is -2.33. The number of nitro groups is 1. The zero-order chi connectivity index (χ0) is 17.3. The Morgan fingerprint density at radius 1 is 1.21 bits per heavy atom. The van der Waals surface area contributed by atoms with Crippen molar-refractivity contribution in [3.63, 3.8) is 0 Å². The Bertz CT molecular complexity index is 660. The maximum atomic E-state index is 12.3. The second kappa shape index (κ2) is 6.10. The van der Waals surface area contributed by atoms with Gasteiger partial charge in [0.15, 0.2) is 0 Å². The molecule has 1 aromatic rings. The summed E-state index contributed by atoms with van der Waals surface area (Å²) in [5.74, 6) is -0.768. The fraction of sp³-hybridized carbons (Fsp3) is 0.500. The summed E-state index contributed by atoms with van der Waals surface area (Å²) in [6.07, 6.45) is 1.97. The van der Waals surface area contributed by atoms with E-state index in [4.69, 9.17) is 4.74 Å². The molecule has 8 heteroatoms. The van der Waals surface area contributed by atoms with Crippen molar-refractivity contribution in [1.82, 2.24) is 4.90 Å². The Balaban J connectivity index is 1.53. The second-order valence-electron chi connectivity index (χ2n) is 6.25. The topological polar surface area (TPSA) is 110 Å². The summed E-state index contributed by atoms with van der Waals surface area (Å²) in [5.41, 5.74) is -1.18. The maximum Gasteiger partial charge on any atom is 0.319 e. The first-order chi connectivity index (χ1) is 11.4. The highest BCUT2D eigenvalue weighted by Crippen LogP contribution is 2.47. The Morgan fingerprint density at radius 3 is 2.25 bits per heavy atom. The molecule has 1 aliphatic carbocycles. The first kappa shape index (κ1) is 16.2. The van der Waals surface area contributed by atoms with E-state index in [-0.39, 0.29) is 17.7 Å². The van der Waals surface area contributed by atoms with Crippen molar-refractivity contribution in [3.05, 3.63) is 34.4 Å². The predicted octanol–water partition coefficient (Wildman–Crippen LogP) is 1.83. The molecule has 0 unspecified atom stereocenters. The molecule has 1 aromatic carbocycles. The molecule has 3 rings (SSSR count). The number of amides is 1. The van der Waals surface area contributed by atoms with Crippen LogP contribution in [-0.2, 0) is 9.59 Å². The number of nitro benzene ring substituents is 1. The third-order valence-electron chi connectivity index (χ3n) is 4.65. The zero-order valence-corrected chi connectivity index (χ0v) is 13.0. The summed E-state index contributed by atoms with van der Waals surface area (Å²) >= 11 is 0. The quantitative estimate of drug-likeness (QED) is 0.500. The van der Waals surface area contributed by atoms with Crippen molar-refractivity contribution >= 4 is 17.6 Å². The number of carboxylic acid groups (broad SMARTS) is 1. The van der Waals surface area contributed by atoms with Gasteiger partial charge in [-0.2, -0.15) is 0 Å². The number of carbonyl (C=O) groups is 2. The Hall–Kier alpha value is -2.64. The van der Waals surface area contributed by atoms with E-state index < -0.39 is 16.3 Å². The monoisotopic (exact) mass is 334 g/mol. The number of ether oxygens (including phenoxy) is 1. The molecule has 0 bridgehead atoms. The molecular formula is C16H18N2O6. The average molecular weight is 334 g/mol. The number of benzene rings is 1. The number of carbonyl (C=O) groups excluding carboxylic acids is 1. The molecule has 128 valence electrons. The van der Waals surface area contributed by atoms with E-state index in [0.717, 1.165) is 0 Å². The van der Waals surface area contributed by atoms with E-state index in [1.165, 1.54) is 12.1 Å². The summed E-state index contributed by atoms with van der Waals surface area (Å²) in [6.45, 7) is 0.928. The molecule has 1 saturated carbocycles. The van der Waals surface area contributed by atoms with Crippen molar-refractivity contribution < 1.29 is 24.4 Å². The minimum Gasteiger partial charge on any atom is -0.490 e. The van der Waals surface area contributed by atoms with Crippen molar-refractivity contribution in [2.45, 2.75) is 31.8 Å². The van der Waals surface area contributed by atoms with Gasteiger partial charge < -0.3 is 14.7 Å². The molecule has 0 aromatic heterocycles. The Morgan fingerprint density at radius 2 is 1.79 bits per heavy atom. The number of piperidine rings is 1. The number of carboxylic acids is 1. The largest absolute Gasteiger partial charge is 0.490 e. The van der Waals surface area contributed by atoms with Gasteiger partial charge in [0, 0.05) is 38.1 Å². The second-order valence-corrected chi connectivity index (χ2v) is 6.25. The van der Waals surface area contributed by atoms with Gasteiger partial charge in [-0.1, -0.05) is 0 Å². The Labute approximate surface area is 138 Å². The SMILES string of the molecule is O=C(O)C1(C(=O)N2CCC(Oc3ccc([N+](=O)[O-])cc3)CC2)CC1. The molecule has 0 radical (unpaired) electrons. The summed E-state index contributed by atoms with van der Waals surface area (Å²) in [5, 5.41) is 19.8. The van der Waals surface area contributed by atoms with Gasteiger partial charge in [-0.05, 0) is 25.0 Å². The molecule has 2 aliphatic rings. The maximum absolute atomic E-state index is 12.3. The van der Waals surface area contributed by atoms with Crippen LogP contribution in [0.3, 0.4) is 0 Å². The number of hydrogen-bond donors (Lipinski definition) is 1. The van der Waals surface area contributed by atoms with Crippen LogP contribution in [0.1, 0.15) is 25.7 Å². The van der Waals surface area contributed by atoms with E-state index in [1.807, 2.05) is 0 Å². The van der Waals surface area contributed by atoms with Gasteiger partial charge >= 0.3 is 5.97 Å². The molecular weight excluding hydrogens is 316 g/mol. The number of likely N-dealkylation sites (tertiary alicyclic amines) is 1. The van der Waals surface area contributed by atoms with Gasteiger partial charge in [-0.25, -0.2) is 0 Å².